The largest absolute Gasteiger partial charge is 0.456 e. The molecule has 1 N–H and O–H groups in total. The van der Waals surface area contributed by atoms with E-state index in [4.69, 9.17) is 4.42 Å². The first-order chi connectivity index (χ1) is 14.5. The van der Waals surface area contributed by atoms with Crippen LogP contribution < -0.4 is 5.32 Å². The summed E-state index contributed by atoms with van der Waals surface area (Å²) in [4.78, 5) is 4.49. The van der Waals surface area contributed by atoms with Crippen LogP contribution in [0.4, 0.5) is 13.2 Å². The van der Waals surface area contributed by atoms with Crippen molar-refractivity contribution in [3.05, 3.63) is 83.9 Å². The van der Waals surface area contributed by atoms with Crippen molar-refractivity contribution in [1.82, 2.24) is 5.32 Å². The minimum absolute atomic E-state index is 0.137. The molecule has 5 rings (SSSR count). The number of alkyl halides is 3. The number of rotatable bonds is 3. The summed E-state index contributed by atoms with van der Waals surface area (Å²) in [6.45, 7) is 1.49. The number of hydrogen-bond acceptors (Lipinski definition) is 3. The van der Waals surface area contributed by atoms with Crippen LogP contribution in [0.25, 0.3) is 33.4 Å². The van der Waals surface area contributed by atoms with Crippen LogP contribution in [0.2, 0.25) is 0 Å². The fraction of sp³-hybridized carbons (Fsp3) is 0.125. The number of nitrogens with zero attached hydrogens (tertiary/aromatic N) is 1. The molecule has 0 saturated carbocycles. The van der Waals surface area contributed by atoms with Crippen LogP contribution in [0.1, 0.15) is 11.1 Å². The number of aliphatic imine (C=N–C) groups is 1. The Hall–Kier alpha value is -3.54. The van der Waals surface area contributed by atoms with Crippen molar-refractivity contribution in [1.29, 1.82) is 0 Å². The molecule has 1 aliphatic heterocycles. The van der Waals surface area contributed by atoms with Crippen LogP contribution >= 0.6 is 0 Å². The number of hydrogen-bond donors (Lipinski definition) is 1. The van der Waals surface area contributed by atoms with Gasteiger partial charge in [-0.1, -0.05) is 54.6 Å². The molecule has 0 saturated heterocycles. The third-order valence-corrected chi connectivity index (χ3v) is 5.21. The lowest BCUT2D eigenvalue weighted by Gasteiger charge is -2.13. The van der Waals surface area contributed by atoms with E-state index in [9.17, 15) is 13.2 Å². The van der Waals surface area contributed by atoms with Crippen LogP contribution in [-0.2, 0) is 6.18 Å². The Morgan fingerprint density at radius 2 is 1.50 bits per heavy atom. The first-order valence-corrected chi connectivity index (χ1v) is 9.59. The van der Waals surface area contributed by atoms with E-state index in [2.05, 4.69) is 10.3 Å². The molecule has 0 radical (unpaired) electrons. The third kappa shape index (κ3) is 3.14. The Morgan fingerprint density at radius 3 is 2.23 bits per heavy atom. The summed E-state index contributed by atoms with van der Waals surface area (Å²) in [5.41, 5.74) is 2.26. The van der Waals surface area contributed by atoms with Gasteiger partial charge in [-0.15, -0.1) is 0 Å². The zero-order valence-corrected chi connectivity index (χ0v) is 15.8. The molecule has 0 spiro atoms. The minimum atomic E-state index is -4.44. The summed E-state index contributed by atoms with van der Waals surface area (Å²) in [5.74, 6) is 1.39. The second-order valence-corrected chi connectivity index (χ2v) is 7.07. The molecular weight excluding hydrogens is 389 g/mol. The number of benzene rings is 3. The topological polar surface area (TPSA) is 37.5 Å². The molecule has 0 bridgehead atoms. The van der Waals surface area contributed by atoms with Gasteiger partial charge in [0.2, 0.25) is 0 Å². The van der Waals surface area contributed by atoms with Crippen molar-refractivity contribution >= 4 is 16.8 Å². The lowest BCUT2D eigenvalue weighted by molar-refractivity contribution is -0.137. The number of nitrogens with one attached hydrogen (secondary N) is 1. The summed E-state index contributed by atoms with van der Waals surface area (Å²) in [5, 5.41) is 3.90. The predicted octanol–water partition coefficient (Wildman–Crippen LogP) is 6.14. The second-order valence-electron chi connectivity index (χ2n) is 7.07. The van der Waals surface area contributed by atoms with Crippen LogP contribution in [-0.4, -0.2) is 18.9 Å². The molecule has 0 atom stereocenters. The number of furan rings is 1. The molecule has 0 fully saturated rings. The molecular formula is C24H17F3N2O. The zero-order chi connectivity index (χ0) is 20.7. The fourth-order valence-electron chi connectivity index (χ4n) is 3.88. The van der Waals surface area contributed by atoms with Crippen LogP contribution in [0, 0.1) is 0 Å². The lowest BCUT2D eigenvalue weighted by atomic mass is 9.96. The normalized spacial score (nSPS) is 14.0. The summed E-state index contributed by atoms with van der Waals surface area (Å²) < 4.78 is 46.8. The van der Waals surface area contributed by atoms with E-state index in [1.54, 1.807) is 24.3 Å². The molecule has 1 aliphatic rings. The summed E-state index contributed by atoms with van der Waals surface area (Å²) in [7, 11) is 0. The van der Waals surface area contributed by atoms with Crippen molar-refractivity contribution in [3.8, 4) is 22.5 Å². The van der Waals surface area contributed by atoms with Gasteiger partial charge in [-0.2, -0.15) is 13.2 Å². The van der Waals surface area contributed by atoms with E-state index in [1.165, 1.54) is 12.1 Å². The molecule has 3 nitrogen and oxygen atoms in total. The summed E-state index contributed by atoms with van der Waals surface area (Å²) >= 11 is 0. The number of amidine groups is 1. The summed E-state index contributed by atoms with van der Waals surface area (Å²) in [6.07, 6.45) is -4.44. The van der Waals surface area contributed by atoms with Crippen molar-refractivity contribution in [2.75, 3.05) is 13.1 Å². The third-order valence-electron chi connectivity index (χ3n) is 5.21. The van der Waals surface area contributed by atoms with Crippen LogP contribution in [0.3, 0.4) is 0 Å². The Bertz CT molecular complexity index is 1270. The van der Waals surface area contributed by atoms with Gasteiger partial charge in [-0.3, -0.25) is 4.99 Å². The minimum Gasteiger partial charge on any atom is -0.456 e. The molecule has 1 aromatic heterocycles. The van der Waals surface area contributed by atoms with Crippen LogP contribution in [0.5, 0.6) is 0 Å². The van der Waals surface area contributed by atoms with Crippen molar-refractivity contribution in [3.63, 3.8) is 0 Å². The van der Waals surface area contributed by atoms with Gasteiger partial charge in [0.1, 0.15) is 17.2 Å². The van der Waals surface area contributed by atoms with E-state index < -0.39 is 11.7 Å². The quantitative estimate of drug-likeness (QED) is 0.444. The summed E-state index contributed by atoms with van der Waals surface area (Å²) in [6, 6.07) is 20.3. The monoisotopic (exact) mass is 406 g/mol. The van der Waals surface area contributed by atoms with Gasteiger partial charge in [0, 0.05) is 23.1 Å². The zero-order valence-electron chi connectivity index (χ0n) is 15.8. The first-order valence-electron chi connectivity index (χ1n) is 9.59. The maximum atomic E-state index is 13.6. The Labute approximate surface area is 170 Å². The van der Waals surface area contributed by atoms with Crippen molar-refractivity contribution < 1.29 is 17.6 Å². The molecule has 4 aromatic rings. The van der Waals surface area contributed by atoms with Gasteiger partial charge < -0.3 is 9.73 Å². The highest BCUT2D eigenvalue weighted by Crippen LogP contribution is 2.41. The van der Waals surface area contributed by atoms with E-state index in [0.29, 0.717) is 28.8 Å². The van der Waals surface area contributed by atoms with E-state index >= 15 is 0 Å². The molecule has 150 valence electrons. The van der Waals surface area contributed by atoms with Gasteiger partial charge in [0.05, 0.1) is 12.1 Å². The fourth-order valence-corrected chi connectivity index (χ4v) is 3.88. The molecule has 0 amide bonds. The Kier molecular flexibility index (Phi) is 4.35. The average molecular weight is 406 g/mol. The number of fused-ring (bicyclic) bond motifs is 1. The standard InChI is InChI=1S/C24H17F3N2O/c25-24(26,27)20-10-4-3-6-16(20)15-9-5-11-21-19(15)14-22(30-21)17-7-1-2-8-18(17)23-28-12-13-29-23/h1-11,14H,12-13H2,(H,28,29). The van der Waals surface area contributed by atoms with Crippen LogP contribution in [0.15, 0.2) is 82.2 Å². The van der Waals surface area contributed by atoms with Crippen molar-refractivity contribution in [2.45, 2.75) is 6.18 Å². The molecule has 6 heteroatoms. The van der Waals surface area contributed by atoms with E-state index in [0.717, 1.165) is 29.6 Å². The van der Waals surface area contributed by atoms with Crippen molar-refractivity contribution in [2.24, 2.45) is 4.99 Å². The van der Waals surface area contributed by atoms with Gasteiger partial charge >= 0.3 is 6.18 Å². The maximum Gasteiger partial charge on any atom is 0.417 e. The van der Waals surface area contributed by atoms with Gasteiger partial charge in [-0.25, -0.2) is 0 Å². The molecule has 3 aromatic carbocycles. The SMILES string of the molecule is FC(F)(F)c1ccccc1-c1cccc2oc(-c3ccccc3C3=NCCN3)cc12. The smallest absolute Gasteiger partial charge is 0.417 e. The van der Waals surface area contributed by atoms with E-state index in [-0.39, 0.29) is 5.56 Å². The highest BCUT2D eigenvalue weighted by molar-refractivity contribution is 6.06. The average Bonchev–Trinajstić information content (AvgIpc) is 3.43. The van der Waals surface area contributed by atoms with Gasteiger partial charge in [0.25, 0.3) is 0 Å². The lowest BCUT2D eigenvalue weighted by Crippen LogP contribution is -2.20. The second kappa shape index (κ2) is 7.06. The predicted molar refractivity (Wildman–Crippen MR) is 111 cm³/mol. The first kappa shape index (κ1) is 18.5. The molecule has 30 heavy (non-hydrogen) atoms. The number of halogens is 3. The Balaban J connectivity index is 1.69. The Morgan fingerprint density at radius 1 is 0.800 bits per heavy atom. The molecule has 0 aliphatic carbocycles. The maximum absolute atomic E-state index is 13.6. The van der Waals surface area contributed by atoms with Gasteiger partial charge in [-0.05, 0) is 29.3 Å². The molecule has 0 unspecified atom stereocenters. The highest BCUT2D eigenvalue weighted by Gasteiger charge is 2.33. The van der Waals surface area contributed by atoms with E-state index in [1.807, 2.05) is 30.3 Å². The van der Waals surface area contributed by atoms with Gasteiger partial charge in [0.15, 0.2) is 0 Å². The highest BCUT2D eigenvalue weighted by atomic mass is 19.4. The molecule has 2 heterocycles.